The van der Waals surface area contributed by atoms with Crippen LogP contribution in [-0.4, -0.2) is 0 Å². The van der Waals surface area contributed by atoms with Gasteiger partial charge in [0.05, 0.1) is 0 Å². The van der Waals surface area contributed by atoms with Crippen LogP contribution in [0.25, 0.3) is 110 Å². The minimum atomic E-state index is 1.07. The third-order valence-electron chi connectivity index (χ3n) is 12.5. The van der Waals surface area contributed by atoms with Crippen LogP contribution < -0.4 is 0 Å². The molecule has 12 rings (SSSR count). The zero-order valence-electron chi connectivity index (χ0n) is 30.0. The Hall–Kier alpha value is -6.50. The molecule has 0 amide bonds. The molecule has 0 heteroatoms. The van der Waals surface area contributed by atoms with Crippen LogP contribution >= 0.6 is 0 Å². The molecule has 0 fully saturated rings. The minimum Gasteiger partial charge on any atom is -0.0842 e. The van der Waals surface area contributed by atoms with Crippen molar-refractivity contribution in [3.63, 3.8) is 0 Å². The number of fused-ring (bicyclic) bond motifs is 8. The first kappa shape index (κ1) is 30.0. The highest BCUT2D eigenvalue weighted by Crippen LogP contribution is 2.59. The summed E-state index contributed by atoms with van der Waals surface area (Å²) in [5.41, 5.74) is 21.7. The maximum atomic E-state index is 2.48. The zero-order valence-corrected chi connectivity index (χ0v) is 30.0. The van der Waals surface area contributed by atoms with Gasteiger partial charge in [0, 0.05) is 0 Å². The number of hydrogen-bond donors (Lipinski definition) is 0. The van der Waals surface area contributed by atoms with E-state index < -0.39 is 0 Å². The Balaban J connectivity index is 1.11. The summed E-state index contributed by atoms with van der Waals surface area (Å²) in [6.07, 6.45) is 18.0. The Labute approximate surface area is 315 Å². The van der Waals surface area contributed by atoms with Gasteiger partial charge in [-0.3, -0.25) is 0 Å². The van der Waals surface area contributed by atoms with Gasteiger partial charge in [-0.1, -0.05) is 146 Å². The summed E-state index contributed by atoms with van der Waals surface area (Å²) in [5.74, 6) is 0. The highest BCUT2D eigenvalue weighted by Gasteiger charge is 2.33. The summed E-state index contributed by atoms with van der Waals surface area (Å²) in [6.45, 7) is 0. The van der Waals surface area contributed by atoms with Gasteiger partial charge in [-0.25, -0.2) is 0 Å². The van der Waals surface area contributed by atoms with Gasteiger partial charge < -0.3 is 0 Å². The smallest absolute Gasteiger partial charge is 0.00134 e. The van der Waals surface area contributed by atoms with Crippen LogP contribution in [-0.2, 0) is 0 Å². The molecule has 0 bridgehead atoms. The van der Waals surface area contributed by atoms with Gasteiger partial charge in [0.1, 0.15) is 0 Å². The van der Waals surface area contributed by atoms with Crippen LogP contribution in [0.1, 0.15) is 36.8 Å². The Morgan fingerprint density at radius 2 is 0.778 bits per heavy atom. The molecular weight excluding hydrogens is 649 g/mol. The average molecular weight is 685 g/mol. The van der Waals surface area contributed by atoms with E-state index in [1.807, 2.05) is 0 Å². The number of allylic oxidation sites excluding steroid dienone is 8. The van der Waals surface area contributed by atoms with E-state index >= 15 is 0 Å². The van der Waals surface area contributed by atoms with Crippen LogP contribution in [0, 0.1) is 0 Å². The molecule has 0 saturated heterocycles. The summed E-state index contributed by atoms with van der Waals surface area (Å²) in [4.78, 5) is 0. The maximum Gasteiger partial charge on any atom is -0.00134 e. The molecule has 0 nitrogen and oxygen atoms in total. The lowest BCUT2D eigenvalue weighted by atomic mass is 9.85. The second kappa shape index (κ2) is 11.5. The molecule has 0 unspecified atom stereocenters. The fourth-order valence-corrected chi connectivity index (χ4v) is 10.0. The lowest BCUT2D eigenvalue weighted by Crippen LogP contribution is -1.94. The standard InChI is InChI=1S/C54H36/c1-5-13-33(14-6-1)39-21-22-40(34-15-7-2-8-16-34)48-30-38-32-50-44-26-28-46-52-42(36-19-11-4-12-20-36)24-23-41(35-17-9-3-10-18-35)51(52)45-27-25-43(53(44)54(45)46)49(50)31-37(38)29-47(39)48/h1-7,9,11-15,17,19-32H,8,10,16,18H2. The first-order valence-electron chi connectivity index (χ1n) is 19.5. The predicted octanol–water partition coefficient (Wildman–Crippen LogP) is 15.2. The highest BCUT2D eigenvalue weighted by atomic mass is 14.4. The fraction of sp³-hybridized carbons (Fsp3) is 0.0741. The lowest BCUT2D eigenvalue weighted by Gasteiger charge is -2.18. The predicted molar refractivity (Wildman–Crippen MR) is 231 cm³/mol. The molecule has 0 radical (unpaired) electrons. The molecule has 8 aromatic carbocycles. The topological polar surface area (TPSA) is 0 Å². The Morgan fingerprint density at radius 3 is 1.37 bits per heavy atom. The second-order valence-corrected chi connectivity index (χ2v) is 15.3. The molecule has 0 N–H and O–H groups in total. The van der Waals surface area contributed by atoms with E-state index in [2.05, 4.69) is 170 Å². The maximum absolute atomic E-state index is 2.48. The van der Waals surface area contributed by atoms with Crippen molar-refractivity contribution in [1.29, 1.82) is 0 Å². The summed E-state index contributed by atoms with van der Waals surface area (Å²) in [7, 11) is 0. The Kier molecular flexibility index (Phi) is 6.39. The third-order valence-corrected chi connectivity index (χ3v) is 12.5. The Morgan fingerprint density at radius 1 is 0.333 bits per heavy atom. The van der Waals surface area contributed by atoms with Crippen molar-refractivity contribution >= 4 is 43.5 Å². The van der Waals surface area contributed by atoms with Gasteiger partial charge in [0.2, 0.25) is 0 Å². The first-order valence-corrected chi connectivity index (χ1v) is 19.5. The van der Waals surface area contributed by atoms with E-state index in [-0.39, 0.29) is 0 Å². The SMILES string of the molecule is C1=CCCC(c2ccc(-c3ccccc3)c3c2-c2ccc4c5c(ccc-3c25)-c2cc3cc5c(C6=CC=CCC6)ccc(-c6ccccc6)c5cc3cc2-4)=C1. The van der Waals surface area contributed by atoms with Crippen LogP contribution in [0.5, 0.6) is 0 Å². The summed E-state index contributed by atoms with van der Waals surface area (Å²) < 4.78 is 0. The summed E-state index contributed by atoms with van der Waals surface area (Å²) >= 11 is 0. The number of rotatable bonds is 4. The quantitative estimate of drug-likeness (QED) is 0.162. The molecule has 4 aliphatic carbocycles. The molecular formula is C54H36. The summed E-state index contributed by atoms with van der Waals surface area (Å²) in [6, 6.07) is 50.9. The van der Waals surface area contributed by atoms with Crippen LogP contribution in [0.15, 0.2) is 170 Å². The van der Waals surface area contributed by atoms with Crippen molar-refractivity contribution in [2.75, 3.05) is 0 Å². The fourth-order valence-electron chi connectivity index (χ4n) is 10.0. The second-order valence-electron chi connectivity index (χ2n) is 15.3. The largest absolute Gasteiger partial charge is 0.0842 e. The molecule has 8 aromatic rings. The molecule has 0 spiro atoms. The molecule has 54 heavy (non-hydrogen) atoms. The van der Waals surface area contributed by atoms with Gasteiger partial charge in [-0.2, -0.15) is 0 Å². The van der Waals surface area contributed by atoms with Crippen molar-refractivity contribution in [1.82, 2.24) is 0 Å². The van der Waals surface area contributed by atoms with Gasteiger partial charge in [-0.05, 0) is 171 Å². The van der Waals surface area contributed by atoms with Crippen molar-refractivity contribution in [3.8, 4) is 66.8 Å². The number of hydrogen-bond acceptors (Lipinski definition) is 0. The van der Waals surface area contributed by atoms with Crippen molar-refractivity contribution in [2.45, 2.75) is 25.7 Å². The highest BCUT2D eigenvalue weighted by molar-refractivity contribution is 6.29. The monoisotopic (exact) mass is 684 g/mol. The normalized spacial score (nSPS) is 14.8. The molecule has 0 heterocycles. The van der Waals surface area contributed by atoms with Gasteiger partial charge in [0.15, 0.2) is 0 Å². The number of benzene rings is 8. The molecule has 252 valence electrons. The van der Waals surface area contributed by atoms with E-state index in [1.54, 1.807) is 0 Å². The molecule has 0 aliphatic heterocycles. The average Bonchev–Trinajstić information content (AvgIpc) is 3.74. The van der Waals surface area contributed by atoms with E-state index in [0.29, 0.717) is 0 Å². The molecule has 0 saturated carbocycles. The minimum absolute atomic E-state index is 1.07. The van der Waals surface area contributed by atoms with Gasteiger partial charge in [0.25, 0.3) is 0 Å². The van der Waals surface area contributed by atoms with Gasteiger partial charge >= 0.3 is 0 Å². The van der Waals surface area contributed by atoms with E-state index in [1.165, 1.54) is 121 Å². The molecule has 4 aliphatic rings. The van der Waals surface area contributed by atoms with Crippen LogP contribution in [0.4, 0.5) is 0 Å². The van der Waals surface area contributed by atoms with Crippen LogP contribution in [0.3, 0.4) is 0 Å². The van der Waals surface area contributed by atoms with E-state index in [9.17, 15) is 0 Å². The van der Waals surface area contributed by atoms with Crippen molar-refractivity contribution < 1.29 is 0 Å². The first-order chi connectivity index (χ1) is 26.8. The van der Waals surface area contributed by atoms with Crippen molar-refractivity contribution in [3.05, 3.63) is 181 Å². The molecule has 0 atom stereocenters. The zero-order chi connectivity index (χ0) is 35.3. The van der Waals surface area contributed by atoms with E-state index in [0.717, 1.165) is 25.7 Å². The molecule has 0 aromatic heterocycles. The van der Waals surface area contributed by atoms with Crippen LogP contribution in [0.2, 0.25) is 0 Å². The Bertz CT molecular complexity index is 3060. The van der Waals surface area contributed by atoms with Crippen molar-refractivity contribution in [2.24, 2.45) is 0 Å². The van der Waals surface area contributed by atoms with E-state index in [4.69, 9.17) is 0 Å². The third kappa shape index (κ3) is 4.26. The summed E-state index contributed by atoms with van der Waals surface area (Å²) in [5, 5.41) is 8.07. The van der Waals surface area contributed by atoms with Gasteiger partial charge in [-0.15, -0.1) is 0 Å². The lowest BCUT2D eigenvalue weighted by molar-refractivity contribution is 1.05.